The molecular weight excluding hydrogens is 550 g/mol. The molecule has 4 aromatic carbocycles. The van der Waals surface area contributed by atoms with Crippen molar-refractivity contribution in [1.82, 2.24) is 14.8 Å². The number of Topliss-reactive ketones (excluding diaryl/α,β-unsaturated/α-hetero) is 1. The van der Waals surface area contributed by atoms with Crippen LogP contribution >= 0.6 is 0 Å². The third-order valence-electron chi connectivity index (χ3n) is 8.15. The average Bonchev–Trinajstić information content (AvgIpc) is 3.75. The standard InChI is InChI=1S/C37H37N3O4/c1-39(24-27-9-13-30(14-10-27)36(42)35(41)29-6-3-2-4-7-29)26-32-8-5-22-40(32)25-28-11-17-33(18-12-28)44-34-19-15-31(16-20-34)37-38-21-23-43-37/h2-4,6-7,9-21,23,32,36,42H,5,8,22,24-26H2,1H3/t32-,36?/m1/s1. The molecule has 1 unspecified atom stereocenters. The number of carbonyl (C=O) groups excluding carboxylic acids is 1. The van der Waals surface area contributed by atoms with Gasteiger partial charge in [0.05, 0.1) is 6.20 Å². The van der Waals surface area contributed by atoms with Crippen molar-refractivity contribution in [2.45, 2.75) is 38.1 Å². The van der Waals surface area contributed by atoms with Crippen LogP contribution in [0.25, 0.3) is 11.5 Å². The first-order valence-corrected chi connectivity index (χ1v) is 15.1. The molecule has 7 heteroatoms. The number of aliphatic hydroxyl groups is 1. The summed E-state index contributed by atoms with van der Waals surface area (Å²) in [6.07, 6.45) is 4.43. The van der Waals surface area contributed by atoms with E-state index in [-0.39, 0.29) is 5.78 Å². The number of likely N-dealkylation sites (N-methyl/N-ethyl adjacent to an activating group) is 1. The van der Waals surface area contributed by atoms with Crippen molar-refractivity contribution in [3.8, 4) is 23.0 Å². The van der Waals surface area contributed by atoms with Crippen molar-refractivity contribution < 1.29 is 19.1 Å². The molecule has 7 nitrogen and oxygen atoms in total. The van der Waals surface area contributed by atoms with Gasteiger partial charge >= 0.3 is 0 Å². The molecule has 1 aliphatic heterocycles. The van der Waals surface area contributed by atoms with Gasteiger partial charge in [-0.1, -0.05) is 66.7 Å². The van der Waals surface area contributed by atoms with Gasteiger partial charge < -0.3 is 19.2 Å². The van der Waals surface area contributed by atoms with Gasteiger partial charge in [-0.15, -0.1) is 0 Å². The molecule has 2 heterocycles. The molecule has 1 saturated heterocycles. The van der Waals surface area contributed by atoms with Crippen molar-refractivity contribution in [2.75, 3.05) is 20.1 Å². The molecule has 2 atom stereocenters. The van der Waals surface area contributed by atoms with Gasteiger partial charge in [-0.3, -0.25) is 9.69 Å². The molecule has 1 fully saturated rings. The van der Waals surface area contributed by atoms with Crippen molar-refractivity contribution >= 4 is 5.78 Å². The number of aliphatic hydroxyl groups excluding tert-OH is 1. The summed E-state index contributed by atoms with van der Waals surface area (Å²) in [4.78, 5) is 21.7. The number of rotatable bonds is 12. The highest BCUT2D eigenvalue weighted by Gasteiger charge is 2.26. The van der Waals surface area contributed by atoms with Crippen LogP contribution in [-0.2, 0) is 13.1 Å². The first-order valence-electron chi connectivity index (χ1n) is 15.1. The molecule has 1 aromatic heterocycles. The fraction of sp³-hybridized carbons (Fsp3) is 0.243. The van der Waals surface area contributed by atoms with Crippen molar-refractivity contribution in [1.29, 1.82) is 0 Å². The van der Waals surface area contributed by atoms with Crippen LogP contribution in [-0.4, -0.2) is 51.9 Å². The lowest BCUT2D eigenvalue weighted by Gasteiger charge is -2.29. The van der Waals surface area contributed by atoms with Crippen LogP contribution in [0.3, 0.4) is 0 Å². The Balaban J connectivity index is 0.987. The summed E-state index contributed by atoms with van der Waals surface area (Å²) in [5.74, 6) is 1.88. The van der Waals surface area contributed by atoms with E-state index in [1.54, 1.807) is 36.7 Å². The zero-order chi connectivity index (χ0) is 30.3. The molecule has 0 bridgehead atoms. The Labute approximate surface area is 258 Å². The number of hydrogen-bond acceptors (Lipinski definition) is 7. The fourth-order valence-corrected chi connectivity index (χ4v) is 5.83. The highest BCUT2D eigenvalue weighted by molar-refractivity contribution is 5.99. The van der Waals surface area contributed by atoms with Gasteiger partial charge in [-0.05, 0) is 79.5 Å². The smallest absolute Gasteiger partial charge is 0.225 e. The van der Waals surface area contributed by atoms with E-state index in [9.17, 15) is 9.90 Å². The van der Waals surface area contributed by atoms with E-state index >= 15 is 0 Å². The van der Waals surface area contributed by atoms with Gasteiger partial charge in [-0.25, -0.2) is 4.98 Å². The number of aromatic nitrogens is 1. The molecule has 5 aromatic rings. The summed E-state index contributed by atoms with van der Waals surface area (Å²) >= 11 is 0. The molecule has 0 radical (unpaired) electrons. The maximum absolute atomic E-state index is 12.6. The molecule has 0 spiro atoms. The second kappa shape index (κ2) is 13.8. The predicted octanol–water partition coefficient (Wildman–Crippen LogP) is 7.15. The van der Waals surface area contributed by atoms with Crippen LogP contribution in [0.4, 0.5) is 0 Å². The molecular formula is C37H37N3O4. The fourth-order valence-electron chi connectivity index (χ4n) is 5.83. The van der Waals surface area contributed by atoms with Crippen LogP contribution in [0.1, 0.15) is 46.0 Å². The van der Waals surface area contributed by atoms with Gasteiger partial charge in [0.15, 0.2) is 5.78 Å². The highest BCUT2D eigenvalue weighted by Crippen LogP contribution is 2.27. The number of ether oxygens (including phenoxy) is 1. The van der Waals surface area contributed by atoms with Gasteiger partial charge in [0.2, 0.25) is 5.89 Å². The number of carbonyl (C=O) groups is 1. The second-order valence-electron chi connectivity index (χ2n) is 11.4. The van der Waals surface area contributed by atoms with E-state index in [2.05, 4.69) is 34.0 Å². The first kappa shape index (κ1) is 29.5. The number of oxazole rings is 1. The summed E-state index contributed by atoms with van der Waals surface area (Å²) in [6.45, 7) is 3.78. The van der Waals surface area contributed by atoms with Crippen LogP contribution in [0.15, 0.2) is 120 Å². The molecule has 1 aliphatic rings. The van der Waals surface area contributed by atoms with Crippen molar-refractivity contribution in [3.05, 3.63) is 138 Å². The van der Waals surface area contributed by atoms with E-state index < -0.39 is 6.10 Å². The van der Waals surface area contributed by atoms with E-state index in [4.69, 9.17) is 9.15 Å². The zero-order valence-corrected chi connectivity index (χ0v) is 24.9. The van der Waals surface area contributed by atoms with Crippen molar-refractivity contribution in [3.63, 3.8) is 0 Å². The number of ketones is 1. The zero-order valence-electron chi connectivity index (χ0n) is 24.9. The maximum Gasteiger partial charge on any atom is 0.225 e. The summed E-state index contributed by atoms with van der Waals surface area (Å²) in [5.41, 5.74) is 4.46. The third kappa shape index (κ3) is 7.32. The number of likely N-dealkylation sites (tertiary alicyclic amines) is 1. The Morgan fingerprint density at radius 1 is 0.955 bits per heavy atom. The van der Waals surface area contributed by atoms with Crippen LogP contribution in [0.2, 0.25) is 0 Å². The minimum atomic E-state index is -1.16. The van der Waals surface area contributed by atoms with E-state index in [0.717, 1.165) is 48.8 Å². The second-order valence-corrected chi connectivity index (χ2v) is 11.4. The maximum atomic E-state index is 12.6. The van der Waals surface area contributed by atoms with Gasteiger partial charge in [0.25, 0.3) is 0 Å². The lowest BCUT2D eigenvalue weighted by molar-refractivity contribution is 0.0747. The lowest BCUT2D eigenvalue weighted by Crippen LogP contribution is -2.38. The largest absolute Gasteiger partial charge is 0.457 e. The molecule has 0 amide bonds. The van der Waals surface area contributed by atoms with E-state index in [1.807, 2.05) is 66.7 Å². The number of nitrogens with zero attached hydrogens (tertiary/aromatic N) is 3. The van der Waals surface area contributed by atoms with Crippen LogP contribution in [0.5, 0.6) is 11.5 Å². The lowest BCUT2D eigenvalue weighted by atomic mass is 9.99. The van der Waals surface area contributed by atoms with Gasteiger partial charge in [-0.2, -0.15) is 0 Å². The summed E-state index contributed by atoms with van der Waals surface area (Å²) in [7, 11) is 2.15. The number of hydrogen-bond donors (Lipinski definition) is 1. The van der Waals surface area contributed by atoms with Gasteiger partial charge in [0.1, 0.15) is 23.9 Å². The SMILES string of the molecule is CN(Cc1ccc(C(O)C(=O)c2ccccc2)cc1)C[C@H]1CCCN1Cc1ccc(Oc2ccc(-c3ncco3)cc2)cc1. The Morgan fingerprint density at radius 2 is 1.64 bits per heavy atom. The summed E-state index contributed by atoms with van der Waals surface area (Å²) in [5, 5.41) is 10.6. The van der Waals surface area contributed by atoms with Crippen molar-refractivity contribution in [2.24, 2.45) is 0 Å². The normalized spacial score (nSPS) is 15.8. The molecule has 0 aliphatic carbocycles. The molecule has 44 heavy (non-hydrogen) atoms. The minimum Gasteiger partial charge on any atom is -0.457 e. The Morgan fingerprint density at radius 3 is 2.32 bits per heavy atom. The molecule has 6 rings (SSSR count). The Hall–Kier alpha value is -4.56. The van der Waals surface area contributed by atoms with Gasteiger partial charge in [0, 0.05) is 36.8 Å². The quantitative estimate of drug-likeness (QED) is 0.155. The van der Waals surface area contributed by atoms with Crippen LogP contribution in [0, 0.1) is 0 Å². The molecule has 0 saturated carbocycles. The summed E-state index contributed by atoms with van der Waals surface area (Å²) in [6, 6.07) is 33.2. The first-order chi connectivity index (χ1) is 21.5. The Bertz CT molecular complexity index is 1620. The molecule has 224 valence electrons. The highest BCUT2D eigenvalue weighted by atomic mass is 16.5. The van der Waals surface area contributed by atoms with Crippen LogP contribution < -0.4 is 4.74 Å². The number of benzene rings is 4. The Kier molecular flexibility index (Phi) is 9.27. The third-order valence-corrected chi connectivity index (χ3v) is 8.15. The predicted molar refractivity (Wildman–Crippen MR) is 170 cm³/mol. The summed E-state index contributed by atoms with van der Waals surface area (Å²) < 4.78 is 11.4. The average molecular weight is 588 g/mol. The monoisotopic (exact) mass is 587 g/mol. The molecule has 1 N–H and O–H groups in total. The minimum absolute atomic E-state index is 0.284. The van der Waals surface area contributed by atoms with E-state index in [1.165, 1.54) is 18.4 Å². The van der Waals surface area contributed by atoms with E-state index in [0.29, 0.717) is 23.1 Å². The topological polar surface area (TPSA) is 79.0 Å².